The molecular formula is C15H20ClN3. The van der Waals surface area contributed by atoms with Gasteiger partial charge in [-0.25, -0.2) is 4.68 Å². The summed E-state index contributed by atoms with van der Waals surface area (Å²) in [5.41, 5.74) is 6.71. The van der Waals surface area contributed by atoms with Gasteiger partial charge in [-0.05, 0) is 51.9 Å². The molecule has 0 saturated heterocycles. The fourth-order valence-electron chi connectivity index (χ4n) is 2.50. The molecule has 1 aromatic heterocycles. The molecule has 4 heteroatoms. The van der Waals surface area contributed by atoms with E-state index in [-0.39, 0.29) is 0 Å². The Labute approximate surface area is 119 Å². The first-order valence-electron chi connectivity index (χ1n) is 6.42. The van der Waals surface area contributed by atoms with E-state index >= 15 is 0 Å². The van der Waals surface area contributed by atoms with Gasteiger partial charge in [-0.15, -0.1) is 0 Å². The standard InChI is InChI=1S/C15H20ClN3/c1-9-6-10(2)15(14(16)7-9)19-12(4)13(8-17-5)11(3)18-19/h6-7,17H,8H2,1-5H3. The molecule has 19 heavy (non-hydrogen) atoms. The summed E-state index contributed by atoms with van der Waals surface area (Å²) in [5, 5.41) is 8.57. The molecule has 2 rings (SSSR count). The minimum atomic E-state index is 0.749. The summed E-state index contributed by atoms with van der Waals surface area (Å²) in [5.74, 6) is 0. The van der Waals surface area contributed by atoms with E-state index in [1.54, 1.807) is 0 Å². The van der Waals surface area contributed by atoms with E-state index in [0.29, 0.717) is 0 Å². The third-order valence-corrected chi connectivity index (χ3v) is 3.69. The highest BCUT2D eigenvalue weighted by atomic mass is 35.5. The lowest BCUT2D eigenvalue weighted by molar-refractivity contribution is 0.800. The lowest BCUT2D eigenvalue weighted by Crippen LogP contribution is -2.08. The van der Waals surface area contributed by atoms with Crippen molar-refractivity contribution in [1.29, 1.82) is 0 Å². The van der Waals surface area contributed by atoms with Crippen LogP contribution in [0.4, 0.5) is 0 Å². The van der Waals surface area contributed by atoms with E-state index < -0.39 is 0 Å². The largest absolute Gasteiger partial charge is 0.316 e. The molecule has 0 aliphatic rings. The Balaban J connectivity index is 2.63. The molecule has 1 N–H and O–H groups in total. The highest BCUT2D eigenvalue weighted by molar-refractivity contribution is 6.32. The summed E-state index contributed by atoms with van der Waals surface area (Å²) < 4.78 is 1.96. The first kappa shape index (κ1) is 14.1. The van der Waals surface area contributed by atoms with Crippen LogP contribution in [0.1, 0.15) is 28.1 Å². The number of hydrogen-bond donors (Lipinski definition) is 1. The third kappa shape index (κ3) is 2.53. The van der Waals surface area contributed by atoms with Crippen molar-refractivity contribution in [3.63, 3.8) is 0 Å². The summed E-state index contributed by atoms with van der Waals surface area (Å²) in [4.78, 5) is 0. The molecule has 3 nitrogen and oxygen atoms in total. The van der Waals surface area contributed by atoms with Crippen molar-refractivity contribution in [2.45, 2.75) is 34.2 Å². The quantitative estimate of drug-likeness (QED) is 0.931. The number of rotatable bonds is 3. The van der Waals surface area contributed by atoms with E-state index in [4.69, 9.17) is 11.6 Å². The Morgan fingerprint density at radius 3 is 2.47 bits per heavy atom. The van der Waals surface area contributed by atoms with E-state index in [1.165, 1.54) is 11.1 Å². The molecule has 0 bridgehead atoms. The summed E-state index contributed by atoms with van der Waals surface area (Å²) in [6, 6.07) is 4.12. The molecule has 0 amide bonds. The molecule has 0 aliphatic carbocycles. The molecule has 1 aromatic carbocycles. The first-order chi connectivity index (χ1) is 8.95. The van der Waals surface area contributed by atoms with Gasteiger partial charge in [0.05, 0.1) is 16.4 Å². The maximum absolute atomic E-state index is 6.40. The highest BCUT2D eigenvalue weighted by Crippen LogP contribution is 2.28. The minimum absolute atomic E-state index is 0.749. The Kier molecular flexibility index (Phi) is 3.97. The molecule has 102 valence electrons. The van der Waals surface area contributed by atoms with Crippen molar-refractivity contribution in [3.8, 4) is 5.69 Å². The second-order valence-corrected chi connectivity index (χ2v) is 5.41. The van der Waals surface area contributed by atoms with Gasteiger partial charge in [0.15, 0.2) is 0 Å². The molecule has 0 saturated carbocycles. The van der Waals surface area contributed by atoms with Crippen molar-refractivity contribution >= 4 is 11.6 Å². The predicted octanol–water partition coefficient (Wildman–Crippen LogP) is 3.48. The van der Waals surface area contributed by atoms with Crippen LogP contribution in [0, 0.1) is 27.7 Å². The van der Waals surface area contributed by atoms with E-state index in [9.17, 15) is 0 Å². The third-order valence-electron chi connectivity index (χ3n) is 3.40. The predicted molar refractivity (Wildman–Crippen MR) is 80.3 cm³/mol. The second-order valence-electron chi connectivity index (χ2n) is 5.00. The second kappa shape index (κ2) is 5.35. The van der Waals surface area contributed by atoms with Gasteiger partial charge in [0.2, 0.25) is 0 Å². The van der Waals surface area contributed by atoms with Crippen molar-refractivity contribution in [2.75, 3.05) is 7.05 Å². The maximum atomic E-state index is 6.40. The number of hydrogen-bond acceptors (Lipinski definition) is 2. The van der Waals surface area contributed by atoms with Crippen molar-refractivity contribution in [3.05, 3.63) is 45.2 Å². The Morgan fingerprint density at radius 2 is 1.89 bits per heavy atom. The first-order valence-corrected chi connectivity index (χ1v) is 6.80. The highest BCUT2D eigenvalue weighted by Gasteiger charge is 2.16. The summed E-state index contributed by atoms with van der Waals surface area (Å²) >= 11 is 6.40. The number of nitrogens with one attached hydrogen (secondary N) is 1. The Bertz CT molecular complexity index is 591. The van der Waals surface area contributed by atoms with Gasteiger partial charge in [-0.3, -0.25) is 0 Å². The number of halogens is 1. The Morgan fingerprint density at radius 1 is 1.21 bits per heavy atom. The monoisotopic (exact) mass is 277 g/mol. The van der Waals surface area contributed by atoms with E-state index in [2.05, 4.69) is 37.3 Å². The zero-order valence-corrected chi connectivity index (χ0v) is 12.9. The van der Waals surface area contributed by atoms with Gasteiger partial charge in [-0.1, -0.05) is 17.7 Å². The minimum Gasteiger partial charge on any atom is -0.316 e. The van der Waals surface area contributed by atoms with Crippen molar-refractivity contribution in [1.82, 2.24) is 15.1 Å². The van der Waals surface area contributed by atoms with Gasteiger partial charge in [-0.2, -0.15) is 5.10 Å². The summed E-state index contributed by atoms with van der Waals surface area (Å²) in [7, 11) is 1.94. The smallest absolute Gasteiger partial charge is 0.0864 e. The maximum Gasteiger partial charge on any atom is 0.0864 e. The molecule has 0 aliphatic heterocycles. The van der Waals surface area contributed by atoms with Crippen LogP contribution in [0.5, 0.6) is 0 Å². The van der Waals surface area contributed by atoms with Gasteiger partial charge in [0, 0.05) is 17.8 Å². The Hall–Kier alpha value is -1.32. The van der Waals surface area contributed by atoms with Gasteiger partial charge in [0.1, 0.15) is 0 Å². The summed E-state index contributed by atoms with van der Waals surface area (Å²) in [6.07, 6.45) is 0. The van der Waals surface area contributed by atoms with Gasteiger partial charge < -0.3 is 5.32 Å². The van der Waals surface area contributed by atoms with Crippen LogP contribution in [0.15, 0.2) is 12.1 Å². The average Bonchev–Trinajstić information content (AvgIpc) is 2.56. The van der Waals surface area contributed by atoms with Crippen LogP contribution in [0.3, 0.4) is 0 Å². The summed E-state index contributed by atoms with van der Waals surface area (Å²) in [6.45, 7) is 9.06. The molecule has 1 heterocycles. The van der Waals surface area contributed by atoms with Crippen LogP contribution in [-0.4, -0.2) is 16.8 Å². The van der Waals surface area contributed by atoms with Crippen LogP contribution < -0.4 is 5.32 Å². The number of aromatic nitrogens is 2. The van der Waals surface area contributed by atoms with Crippen LogP contribution >= 0.6 is 11.6 Å². The van der Waals surface area contributed by atoms with Gasteiger partial charge in [0.25, 0.3) is 0 Å². The SMILES string of the molecule is CNCc1c(C)nn(-c2c(C)cc(C)cc2Cl)c1C. The van der Waals surface area contributed by atoms with Crippen LogP contribution in [-0.2, 0) is 6.54 Å². The molecule has 0 spiro atoms. The number of aryl methyl sites for hydroxylation is 3. The van der Waals surface area contributed by atoms with Crippen LogP contribution in [0.2, 0.25) is 5.02 Å². The zero-order valence-electron chi connectivity index (χ0n) is 12.1. The van der Waals surface area contributed by atoms with Gasteiger partial charge >= 0.3 is 0 Å². The molecule has 0 fully saturated rings. The van der Waals surface area contributed by atoms with Crippen molar-refractivity contribution < 1.29 is 0 Å². The molecule has 0 unspecified atom stereocenters. The topological polar surface area (TPSA) is 29.9 Å². The molecular weight excluding hydrogens is 258 g/mol. The normalized spacial score (nSPS) is 11.1. The zero-order chi connectivity index (χ0) is 14.2. The van der Waals surface area contributed by atoms with E-state index in [1.807, 2.05) is 24.7 Å². The fraction of sp³-hybridized carbons (Fsp3) is 0.400. The fourth-order valence-corrected chi connectivity index (χ4v) is 2.90. The lowest BCUT2D eigenvalue weighted by atomic mass is 10.1. The van der Waals surface area contributed by atoms with Crippen molar-refractivity contribution in [2.24, 2.45) is 0 Å². The molecule has 2 aromatic rings. The van der Waals surface area contributed by atoms with Crippen LogP contribution in [0.25, 0.3) is 5.69 Å². The molecule has 0 radical (unpaired) electrons. The lowest BCUT2D eigenvalue weighted by Gasteiger charge is -2.12. The average molecular weight is 278 g/mol. The van der Waals surface area contributed by atoms with E-state index in [0.717, 1.165) is 34.2 Å². The number of benzene rings is 1. The molecule has 0 atom stereocenters. The number of nitrogens with zero attached hydrogens (tertiary/aromatic N) is 2.